The van der Waals surface area contributed by atoms with E-state index in [9.17, 15) is 5.11 Å². The number of nitrogens with zero attached hydrogens (tertiary/aromatic N) is 2. The zero-order chi connectivity index (χ0) is 20.3. The maximum Gasteiger partial charge on any atom is 0.0966 e. The highest BCUT2D eigenvalue weighted by atomic mass is 32.1. The Morgan fingerprint density at radius 2 is 2.10 bits per heavy atom. The lowest BCUT2D eigenvalue weighted by molar-refractivity contribution is -0.0961. The van der Waals surface area contributed by atoms with Crippen LogP contribution in [-0.4, -0.2) is 48.4 Å². The summed E-state index contributed by atoms with van der Waals surface area (Å²) in [5.41, 5.74) is 8.99. The second-order valence-electron chi connectivity index (χ2n) is 8.83. The van der Waals surface area contributed by atoms with Crippen LogP contribution in [0.4, 0.5) is 0 Å². The van der Waals surface area contributed by atoms with E-state index < -0.39 is 5.60 Å². The van der Waals surface area contributed by atoms with Crippen LogP contribution in [0, 0.1) is 5.53 Å². The third-order valence-electron chi connectivity index (χ3n) is 6.83. The molecule has 1 spiro atoms. The Balaban J connectivity index is 1.33. The molecule has 3 heterocycles. The summed E-state index contributed by atoms with van der Waals surface area (Å²) in [7, 11) is 0. The highest BCUT2D eigenvalue weighted by Gasteiger charge is 2.41. The van der Waals surface area contributed by atoms with Crippen molar-refractivity contribution in [1.82, 2.24) is 10.2 Å². The van der Waals surface area contributed by atoms with Crippen molar-refractivity contribution in [2.24, 2.45) is 5.11 Å². The van der Waals surface area contributed by atoms with Gasteiger partial charge in [0.15, 0.2) is 0 Å². The average molecular weight is 419 g/mol. The largest absolute Gasteiger partial charge is 0.388 e. The summed E-state index contributed by atoms with van der Waals surface area (Å²) < 4.78 is 6.37. The van der Waals surface area contributed by atoms with Gasteiger partial charge in [0.2, 0.25) is 0 Å². The number of fused-ring (bicyclic) bond motifs is 2. The summed E-state index contributed by atoms with van der Waals surface area (Å²) in [6, 6.07) is 2.39. The van der Waals surface area contributed by atoms with Crippen LogP contribution in [0.5, 0.6) is 0 Å². The fourth-order valence-corrected chi connectivity index (χ4v) is 6.22. The molecule has 0 bridgehead atoms. The fraction of sp³-hybridized carbons (Fsp3) is 0.727. The number of piperidine rings is 1. The van der Waals surface area contributed by atoms with E-state index in [1.165, 1.54) is 15.3 Å². The van der Waals surface area contributed by atoms with Gasteiger partial charge in [-0.1, -0.05) is 19.8 Å². The number of thiophene rings is 1. The molecule has 1 saturated heterocycles. The molecule has 0 radical (unpaired) electrons. The van der Waals surface area contributed by atoms with Crippen LogP contribution in [0.25, 0.3) is 0 Å². The molecule has 3 N–H and O–H groups in total. The van der Waals surface area contributed by atoms with Crippen molar-refractivity contribution >= 4 is 11.3 Å². The lowest BCUT2D eigenvalue weighted by Crippen LogP contribution is -2.46. The van der Waals surface area contributed by atoms with Gasteiger partial charge in [-0.05, 0) is 43.7 Å². The van der Waals surface area contributed by atoms with Crippen molar-refractivity contribution in [3.8, 4) is 0 Å². The van der Waals surface area contributed by atoms with Crippen molar-refractivity contribution in [3.05, 3.63) is 33.3 Å². The van der Waals surface area contributed by atoms with Gasteiger partial charge in [-0.25, -0.2) is 5.53 Å². The quantitative estimate of drug-likeness (QED) is 0.586. The number of hydrogen-bond acceptors (Lipinski definition) is 7. The average Bonchev–Trinajstić information content (AvgIpc) is 3.36. The number of aliphatic hydroxyl groups is 1. The van der Waals surface area contributed by atoms with Crippen LogP contribution < -0.4 is 5.32 Å². The Morgan fingerprint density at radius 3 is 2.79 bits per heavy atom. The van der Waals surface area contributed by atoms with Crippen molar-refractivity contribution in [1.29, 1.82) is 5.53 Å². The predicted octanol–water partition coefficient (Wildman–Crippen LogP) is 3.94. The summed E-state index contributed by atoms with van der Waals surface area (Å²) >= 11 is 1.97. The zero-order valence-corrected chi connectivity index (χ0v) is 18.3. The first-order chi connectivity index (χ1) is 14.1. The topological polar surface area (TPSA) is 80.9 Å². The maximum atomic E-state index is 10.4. The SMILES string of the molecule is CCc1cc2c(s1)CCOC21CCN(C/C(=C/NCC2(O)CCCC2)N=N)CC1. The van der Waals surface area contributed by atoms with Gasteiger partial charge < -0.3 is 15.2 Å². The molecule has 160 valence electrons. The number of nitrogens with one attached hydrogen (secondary N) is 2. The first-order valence-electron chi connectivity index (χ1n) is 11.1. The lowest BCUT2D eigenvalue weighted by Gasteiger charge is -2.44. The van der Waals surface area contributed by atoms with E-state index in [-0.39, 0.29) is 5.60 Å². The van der Waals surface area contributed by atoms with Crippen LogP contribution in [0.2, 0.25) is 0 Å². The third kappa shape index (κ3) is 4.58. The zero-order valence-electron chi connectivity index (χ0n) is 17.5. The molecular weight excluding hydrogens is 384 g/mol. The van der Waals surface area contributed by atoms with Gasteiger partial charge in [0, 0.05) is 48.6 Å². The number of hydrogen-bond donors (Lipinski definition) is 3. The van der Waals surface area contributed by atoms with Crippen molar-refractivity contribution in [2.45, 2.75) is 69.5 Å². The molecular formula is C22H34N4O2S. The first kappa shape index (κ1) is 21.0. The fourth-order valence-electron chi connectivity index (χ4n) is 5.04. The number of likely N-dealkylation sites (tertiary alicyclic amines) is 1. The Bertz CT molecular complexity index is 746. The molecule has 0 aromatic carbocycles. The highest BCUT2D eigenvalue weighted by Crippen LogP contribution is 2.44. The van der Waals surface area contributed by atoms with E-state index in [4.69, 9.17) is 10.3 Å². The molecule has 1 aromatic heterocycles. The molecule has 1 aliphatic carbocycles. The third-order valence-corrected chi connectivity index (χ3v) is 8.17. The smallest absolute Gasteiger partial charge is 0.0966 e. The molecule has 0 amide bonds. The van der Waals surface area contributed by atoms with Crippen LogP contribution in [0.3, 0.4) is 0 Å². The Labute approximate surface area is 177 Å². The Hall–Kier alpha value is -1.28. The number of rotatable bonds is 7. The normalized spacial score (nSPS) is 23.9. The molecule has 7 heteroatoms. The maximum absolute atomic E-state index is 10.4. The minimum absolute atomic E-state index is 0.111. The molecule has 4 rings (SSSR count). The van der Waals surface area contributed by atoms with Crippen LogP contribution in [0.1, 0.15) is 60.8 Å². The summed E-state index contributed by atoms with van der Waals surface area (Å²) in [5, 5.41) is 17.4. The van der Waals surface area contributed by atoms with E-state index in [2.05, 4.69) is 28.3 Å². The van der Waals surface area contributed by atoms with Gasteiger partial charge >= 0.3 is 0 Å². The van der Waals surface area contributed by atoms with Crippen molar-refractivity contribution in [3.63, 3.8) is 0 Å². The summed E-state index contributed by atoms with van der Waals surface area (Å²) in [5.74, 6) is 0. The van der Waals surface area contributed by atoms with Gasteiger partial charge in [-0.2, -0.15) is 5.11 Å². The minimum atomic E-state index is -0.588. The molecule has 0 atom stereocenters. The van der Waals surface area contributed by atoms with Gasteiger partial charge in [-0.3, -0.25) is 4.90 Å². The predicted molar refractivity (Wildman–Crippen MR) is 115 cm³/mol. The van der Waals surface area contributed by atoms with E-state index in [1.54, 1.807) is 0 Å². The van der Waals surface area contributed by atoms with Crippen LogP contribution >= 0.6 is 11.3 Å². The first-order valence-corrected chi connectivity index (χ1v) is 11.9. The van der Waals surface area contributed by atoms with Crippen LogP contribution in [-0.2, 0) is 23.2 Å². The van der Waals surface area contributed by atoms with Crippen molar-refractivity contribution < 1.29 is 9.84 Å². The molecule has 0 unspecified atom stereocenters. The molecule has 1 saturated carbocycles. The molecule has 2 aliphatic heterocycles. The van der Waals surface area contributed by atoms with Gasteiger partial charge in [0.1, 0.15) is 0 Å². The molecule has 6 nitrogen and oxygen atoms in total. The summed E-state index contributed by atoms with van der Waals surface area (Å²) in [6.07, 6.45) is 9.88. The summed E-state index contributed by atoms with van der Waals surface area (Å²) in [6.45, 7) is 6.17. The molecule has 29 heavy (non-hydrogen) atoms. The second-order valence-corrected chi connectivity index (χ2v) is 10.1. The van der Waals surface area contributed by atoms with E-state index >= 15 is 0 Å². The summed E-state index contributed by atoms with van der Waals surface area (Å²) in [4.78, 5) is 5.36. The Kier molecular flexibility index (Phi) is 6.39. The molecule has 1 aromatic rings. The Morgan fingerprint density at radius 1 is 1.34 bits per heavy atom. The second kappa shape index (κ2) is 8.84. The minimum Gasteiger partial charge on any atom is -0.388 e. The van der Waals surface area contributed by atoms with E-state index in [0.29, 0.717) is 13.1 Å². The van der Waals surface area contributed by atoms with E-state index in [1.807, 2.05) is 17.5 Å². The van der Waals surface area contributed by atoms with Crippen molar-refractivity contribution in [2.75, 3.05) is 32.8 Å². The van der Waals surface area contributed by atoms with Gasteiger partial charge in [-0.15, -0.1) is 11.3 Å². The number of ether oxygens (including phenoxy) is 1. The monoisotopic (exact) mass is 418 g/mol. The van der Waals surface area contributed by atoms with Gasteiger partial charge in [0.25, 0.3) is 0 Å². The highest BCUT2D eigenvalue weighted by molar-refractivity contribution is 7.12. The molecule has 3 aliphatic rings. The van der Waals surface area contributed by atoms with Crippen LogP contribution in [0.15, 0.2) is 23.1 Å². The lowest BCUT2D eigenvalue weighted by atomic mass is 9.82. The van der Waals surface area contributed by atoms with E-state index in [0.717, 1.165) is 76.8 Å². The number of aryl methyl sites for hydroxylation is 1. The molecule has 2 fully saturated rings. The standard InChI is InChI=1S/C22H34N4O2S/c1-2-18-13-19-20(29-18)5-12-28-22(19)8-10-26(11-9-22)15-17(25-23)14-24-16-21(27)6-3-4-7-21/h13-14,23-24,27H,2-12,15-16H2,1H3/b17-14-,25-23?. The van der Waals surface area contributed by atoms with Gasteiger partial charge in [0.05, 0.1) is 23.5 Å².